The summed E-state index contributed by atoms with van der Waals surface area (Å²) < 4.78 is 10.5. The Morgan fingerprint density at radius 3 is 2.67 bits per heavy atom. The number of alkyl halides is 1. The molecule has 0 unspecified atom stereocenters. The van der Waals surface area contributed by atoms with Crippen LogP contribution in [0.4, 0.5) is 0 Å². The van der Waals surface area contributed by atoms with Gasteiger partial charge in [0, 0.05) is 13.2 Å². The molecule has 0 spiro atoms. The third kappa shape index (κ3) is 2.65. The zero-order valence-corrected chi connectivity index (χ0v) is 6.89. The quantitative estimate of drug-likeness (QED) is 0.622. The summed E-state index contributed by atoms with van der Waals surface area (Å²) in [6.07, 6.45) is 2.52. The first-order valence-corrected chi connectivity index (χ1v) is 4.31. The van der Waals surface area contributed by atoms with Crippen LogP contribution in [-0.4, -0.2) is 24.8 Å². The van der Waals surface area contributed by atoms with Crippen molar-refractivity contribution in [1.82, 2.24) is 0 Å². The zero-order chi connectivity index (χ0) is 6.53. The second-order valence-corrected chi connectivity index (χ2v) is 2.55. The number of ether oxygens (including phenoxy) is 2. The van der Waals surface area contributed by atoms with Crippen molar-refractivity contribution in [2.75, 3.05) is 18.7 Å². The van der Waals surface area contributed by atoms with Crippen molar-refractivity contribution in [3.05, 3.63) is 0 Å². The molecule has 0 aromatic carbocycles. The molecule has 0 radical (unpaired) electrons. The van der Waals surface area contributed by atoms with Gasteiger partial charge >= 0.3 is 0 Å². The fourth-order valence-corrected chi connectivity index (χ4v) is 1.31. The molecule has 54 valence electrons. The van der Waals surface area contributed by atoms with Crippen LogP contribution < -0.4 is 0 Å². The van der Waals surface area contributed by atoms with Gasteiger partial charge in [-0.1, -0.05) is 15.9 Å². The zero-order valence-electron chi connectivity index (χ0n) is 5.31. The van der Waals surface area contributed by atoms with E-state index in [1.165, 1.54) is 0 Å². The lowest BCUT2D eigenvalue weighted by atomic mass is 10.2. The highest BCUT2D eigenvalue weighted by atomic mass is 79.9. The molecule has 0 aliphatic carbocycles. The van der Waals surface area contributed by atoms with Crippen LogP contribution >= 0.6 is 15.9 Å². The lowest BCUT2D eigenvalue weighted by Crippen LogP contribution is -2.22. The Labute approximate surface area is 63.7 Å². The number of halogens is 1. The summed E-state index contributed by atoms with van der Waals surface area (Å²) in [4.78, 5) is 0. The number of hydrogen-bond acceptors (Lipinski definition) is 2. The van der Waals surface area contributed by atoms with Gasteiger partial charge < -0.3 is 9.47 Å². The lowest BCUT2D eigenvalue weighted by Gasteiger charge is -2.20. The molecule has 1 aliphatic heterocycles. The van der Waals surface area contributed by atoms with E-state index in [1.54, 1.807) is 0 Å². The van der Waals surface area contributed by atoms with Gasteiger partial charge in [-0.05, 0) is 12.8 Å². The Hall–Kier alpha value is 0.400. The smallest absolute Gasteiger partial charge is 0.102 e. The Morgan fingerprint density at radius 2 is 2.11 bits per heavy atom. The third-order valence-electron chi connectivity index (χ3n) is 1.47. The summed E-state index contributed by atoms with van der Waals surface area (Å²) in [5.74, 6) is 0. The van der Waals surface area contributed by atoms with Crippen LogP contribution in [0.5, 0.6) is 0 Å². The Balaban J connectivity index is 2.08. The van der Waals surface area contributed by atoms with E-state index in [2.05, 4.69) is 15.9 Å². The normalized spacial score (nSPS) is 22.3. The van der Waals surface area contributed by atoms with Crippen molar-refractivity contribution >= 4 is 15.9 Å². The highest BCUT2D eigenvalue weighted by Crippen LogP contribution is 2.10. The molecule has 3 heteroatoms. The SMILES string of the molecule is BrCOC1CCOCC1. The van der Waals surface area contributed by atoms with Gasteiger partial charge in [0.25, 0.3) is 0 Å². The summed E-state index contributed by atoms with van der Waals surface area (Å²) in [5, 5.41) is 0. The predicted molar refractivity (Wildman–Crippen MR) is 38.7 cm³/mol. The first kappa shape index (κ1) is 7.51. The van der Waals surface area contributed by atoms with Gasteiger partial charge in [-0.15, -0.1) is 0 Å². The van der Waals surface area contributed by atoms with Gasteiger partial charge in [-0.3, -0.25) is 0 Å². The second-order valence-electron chi connectivity index (χ2n) is 2.09. The van der Waals surface area contributed by atoms with E-state index in [0.717, 1.165) is 26.1 Å². The van der Waals surface area contributed by atoms with Crippen molar-refractivity contribution < 1.29 is 9.47 Å². The van der Waals surface area contributed by atoms with Crippen LogP contribution in [0.25, 0.3) is 0 Å². The van der Waals surface area contributed by atoms with Gasteiger partial charge in [0.1, 0.15) is 5.52 Å². The summed E-state index contributed by atoms with van der Waals surface area (Å²) in [5.41, 5.74) is 0.650. The molecule has 0 N–H and O–H groups in total. The standard InChI is InChI=1S/C6H11BrO2/c7-5-9-6-1-3-8-4-2-6/h6H,1-5H2. The van der Waals surface area contributed by atoms with Crippen molar-refractivity contribution in [3.63, 3.8) is 0 Å². The molecular weight excluding hydrogens is 184 g/mol. The minimum Gasteiger partial charge on any atom is -0.381 e. The maximum atomic E-state index is 5.32. The summed E-state index contributed by atoms with van der Waals surface area (Å²) in [7, 11) is 0. The molecule has 9 heavy (non-hydrogen) atoms. The molecule has 0 aromatic heterocycles. The maximum Gasteiger partial charge on any atom is 0.102 e. The van der Waals surface area contributed by atoms with Gasteiger partial charge in [0.05, 0.1) is 6.10 Å². The van der Waals surface area contributed by atoms with Crippen LogP contribution in [0, 0.1) is 0 Å². The molecule has 0 amide bonds. The first-order valence-electron chi connectivity index (χ1n) is 3.19. The molecule has 0 saturated carbocycles. The van der Waals surface area contributed by atoms with Gasteiger partial charge in [-0.25, -0.2) is 0 Å². The topological polar surface area (TPSA) is 18.5 Å². The molecule has 1 rings (SSSR count). The van der Waals surface area contributed by atoms with E-state index in [0.29, 0.717) is 11.6 Å². The molecule has 1 heterocycles. The maximum absolute atomic E-state index is 5.32. The molecule has 0 aromatic rings. The van der Waals surface area contributed by atoms with Crippen LogP contribution in [0.1, 0.15) is 12.8 Å². The van der Waals surface area contributed by atoms with E-state index in [9.17, 15) is 0 Å². The van der Waals surface area contributed by atoms with Crippen LogP contribution in [-0.2, 0) is 9.47 Å². The third-order valence-corrected chi connectivity index (χ3v) is 1.73. The molecule has 1 fully saturated rings. The van der Waals surface area contributed by atoms with Crippen LogP contribution in [0.15, 0.2) is 0 Å². The monoisotopic (exact) mass is 194 g/mol. The highest BCUT2D eigenvalue weighted by molar-refractivity contribution is 9.09. The average molecular weight is 195 g/mol. The van der Waals surface area contributed by atoms with Crippen molar-refractivity contribution in [2.24, 2.45) is 0 Å². The van der Waals surface area contributed by atoms with E-state index in [-0.39, 0.29) is 0 Å². The molecule has 1 saturated heterocycles. The van der Waals surface area contributed by atoms with Crippen molar-refractivity contribution in [2.45, 2.75) is 18.9 Å². The molecule has 2 nitrogen and oxygen atoms in total. The predicted octanol–water partition coefficient (Wildman–Crippen LogP) is 1.53. The molecule has 0 atom stereocenters. The van der Waals surface area contributed by atoms with Crippen molar-refractivity contribution in [1.29, 1.82) is 0 Å². The fraction of sp³-hybridized carbons (Fsp3) is 1.00. The van der Waals surface area contributed by atoms with E-state index < -0.39 is 0 Å². The van der Waals surface area contributed by atoms with Gasteiger partial charge in [-0.2, -0.15) is 0 Å². The number of hydrogen-bond donors (Lipinski definition) is 0. The van der Waals surface area contributed by atoms with Crippen LogP contribution in [0.3, 0.4) is 0 Å². The van der Waals surface area contributed by atoms with E-state index in [4.69, 9.17) is 9.47 Å². The first-order chi connectivity index (χ1) is 4.43. The van der Waals surface area contributed by atoms with Crippen LogP contribution in [0.2, 0.25) is 0 Å². The molecule has 0 bridgehead atoms. The molecule has 1 aliphatic rings. The minimum absolute atomic E-state index is 0.429. The fourth-order valence-electron chi connectivity index (χ4n) is 0.932. The minimum atomic E-state index is 0.429. The lowest BCUT2D eigenvalue weighted by molar-refractivity contribution is -0.0141. The highest BCUT2D eigenvalue weighted by Gasteiger charge is 2.12. The Bertz CT molecular complexity index is 68.7. The van der Waals surface area contributed by atoms with E-state index in [1.807, 2.05) is 0 Å². The average Bonchev–Trinajstić information content (AvgIpc) is 1.91. The van der Waals surface area contributed by atoms with Gasteiger partial charge in [0.15, 0.2) is 0 Å². The summed E-state index contributed by atoms with van der Waals surface area (Å²) in [6, 6.07) is 0. The second kappa shape index (κ2) is 4.25. The summed E-state index contributed by atoms with van der Waals surface area (Å²) >= 11 is 3.22. The largest absolute Gasteiger partial charge is 0.381 e. The number of rotatable bonds is 2. The summed E-state index contributed by atoms with van der Waals surface area (Å²) in [6.45, 7) is 1.72. The Kier molecular flexibility index (Phi) is 3.55. The van der Waals surface area contributed by atoms with Crippen molar-refractivity contribution in [3.8, 4) is 0 Å². The van der Waals surface area contributed by atoms with E-state index >= 15 is 0 Å². The Morgan fingerprint density at radius 1 is 1.44 bits per heavy atom. The van der Waals surface area contributed by atoms with Gasteiger partial charge in [0.2, 0.25) is 0 Å². The molecular formula is C6H11BrO2.